The van der Waals surface area contributed by atoms with Crippen LogP contribution in [0.5, 0.6) is 0 Å². The molecule has 8 heteroatoms. The van der Waals surface area contributed by atoms with E-state index in [1.54, 1.807) is 0 Å². The van der Waals surface area contributed by atoms with E-state index in [1.165, 1.54) is 13.8 Å². The highest BCUT2D eigenvalue weighted by Gasteiger charge is 2.55. The summed E-state index contributed by atoms with van der Waals surface area (Å²) in [5.74, 6) is -2.09. The van der Waals surface area contributed by atoms with E-state index in [9.17, 15) is 23.1 Å². The number of rotatable bonds is 5. The maximum Gasteiger partial charge on any atom is 0.306 e. The highest BCUT2D eigenvalue weighted by atomic mass is 32.2. The van der Waals surface area contributed by atoms with Gasteiger partial charge in [-0.05, 0) is 32.6 Å². The molecule has 7 nitrogen and oxygen atoms in total. The van der Waals surface area contributed by atoms with Crippen molar-refractivity contribution in [3.05, 3.63) is 0 Å². The van der Waals surface area contributed by atoms with Crippen LogP contribution in [-0.4, -0.2) is 53.7 Å². The number of carboxylic acids is 1. The van der Waals surface area contributed by atoms with Crippen molar-refractivity contribution in [3.63, 3.8) is 0 Å². The van der Waals surface area contributed by atoms with Gasteiger partial charge in [0.2, 0.25) is 10.0 Å². The standard InChI is InChI=1S/C14H23NO6S/c1-10(2)22(19,20)15-7-8-21-14(13(15)18,9-12(16)17)11-5-3-4-6-11/h10-11H,3-9H2,1-2H3,(H,16,17). The van der Waals surface area contributed by atoms with E-state index in [0.29, 0.717) is 12.8 Å². The minimum absolute atomic E-state index is 0.0431. The highest BCUT2D eigenvalue weighted by molar-refractivity contribution is 7.90. The molecule has 1 saturated carbocycles. The molecule has 0 aromatic heterocycles. The van der Waals surface area contributed by atoms with E-state index in [4.69, 9.17) is 4.74 Å². The second-order valence-electron chi connectivity index (χ2n) is 6.26. The van der Waals surface area contributed by atoms with Crippen molar-refractivity contribution in [2.45, 2.75) is 56.8 Å². The summed E-state index contributed by atoms with van der Waals surface area (Å²) >= 11 is 0. The lowest BCUT2D eigenvalue weighted by molar-refractivity contribution is -0.181. The van der Waals surface area contributed by atoms with Gasteiger partial charge in [0.15, 0.2) is 5.60 Å². The van der Waals surface area contributed by atoms with Crippen LogP contribution in [0.15, 0.2) is 0 Å². The fourth-order valence-corrected chi connectivity index (χ4v) is 4.59. The van der Waals surface area contributed by atoms with Crippen LogP contribution in [-0.2, 0) is 24.3 Å². The number of nitrogens with zero attached hydrogens (tertiary/aromatic N) is 1. The molecule has 1 aliphatic heterocycles. The predicted molar refractivity (Wildman–Crippen MR) is 78.7 cm³/mol. The van der Waals surface area contributed by atoms with Gasteiger partial charge in [0, 0.05) is 0 Å². The molecular formula is C14H23NO6S. The second-order valence-corrected chi connectivity index (χ2v) is 8.67. The van der Waals surface area contributed by atoms with Gasteiger partial charge in [-0.1, -0.05) is 12.8 Å². The fraction of sp³-hybridized carbons (Fsp3) is 0.857. The molecule has 0 radical (unpaired) electrons. The van der Waals surface area contributed by atoms with Crippen LogP contribution in [0.1, 0.15) is 46.0 Å². The maximum absolute atomic E-state index is 12.9. The molecule has 1 aliphatic carbocycles. The van der Waals surface area contributed by atoms with E-state index in [1.807, 2.05) is 0 Å². The van der Waals surface area contributed by atoms with Crippen molar-refractivity contribution in [1.82, 2.24) is 4.31 Å². The lowest BCUT2D eigenvalue weighted by Gasteiger charge is -2.44. The Morgan fingerprint density at radius 2 is 2.00 bits per heavy atom. The largest absolute Gasteiger partial charge is 0.481 e. The first-order chi connectivity index (χ1) is 10.2. The molecule has 1 heterocycles. The molecule has 1 amide bonds. The zero-order valence-electron chi connectivity index (χ0n) is 12.9. The average Bonchev–Trinajstić information content (AvgIpc) is 2.94. The van der Waals surface area contributed by atoms with E-state index >= 15 is 0 Å². The van der Waals surface area contributed by atoms with Gasteiger partial charge in [0.05, 0.1) is 24.8 Å². The number of carbonyl (C=O) groups is 2. The van der Waals surface area contributed by atoms with Crippen LogP contribution in [0.4, 0.5) is 0 Å². The SMILES string of the molecule is CC(C)S(=O)(=O)N1CCOC(CC(=O)O)(C2CCCC2)C1=O. The molecular weight excluding hydrogens is 310 g/mol. The average molecular weight is 333 g/mol. The Hall–Kier alpha value is -1.15. The molecule has 0 spiro atoms. The fourth-order valence-electron chi connectivity index (χ4n) is 3.36. The summed E-state index contributed by atoms with van der Waals surface area (Å²) in [6, 6.07) is 0. The van der Waals surface area contributed by atoms with Gasteiger partial charge in [-0.3, -0.25) is 9.59 Å². The molecule has 0 aromatic carbocycles. The Labute approximate surface area is 130 Å². The van der Waals surface area contributed by atoms with Crippen molar-refractivity contribution in [2.75, 3.05) is 13.2 Å². The Morgan fingerprint density at radius 1 is 1.41 bits per heavy atom. The summed E-state index contributed by atoms with van der Waals surface area (Å²) in [6.45, 7) is 3.01. The quantitative estimate of drug-likeness (QED) is 0.805. The van der Waals surface area contributed by atoms with Crippen LogP contribution >= 0.6 is 0 Å². The molecule has 1 N–H and O–H groups in total. The van der Waals surface area contributed by atoms with Crippen LogP contribution in [0.3, 0.4) is 0 Å². The number of amides is 1. The molecule has 1 saturated heterocycles. The number of ether oxygens (including phenoxy) is 1. The summed E-state index contributed by atoms with van der Waals surface area (Å²) in [7, 11) is -3.77. The van der Waals surface area contributed by atoms with Gasteiger partial charge in [-0.15, -0.1) is 0 Å². The molecule has 0 bridgehead atoms. The van der Waals surface area contributed by atoms with E-state index in [0.717, 1.165) is 17.1 Å². The Morgan fingerprint density at radius 3 is 2.50 bits per heavy atom. The maximum atomic E-state index is 12.9. The van der Waals surface area contributed by atoms with Gasteiger partial charge >= 0.3 is 5.97 Å². The van der Waals surface area contributed by atoms with Crippen LogP contribution < -0.4 is 0 Å². The number of hydrogen-bond acceptors (Lipinski definition) is 5. The van der Waals surface area contributed by atoms with Crippen molar-refractivity contribution in [1.29, 1.82) is 0 Å². The second kappa shape index (κ2) is 6.16. The number of hydrogen-bond donors (Lipinski definition) is 1. The lowest BCUT2D eigenvalue weighted by atomic mass is 9.81. The van der Waals surface area contributed by atoms with E-state index in [-0.39, 0.29) is 19.1 Å². The van der Waals surface area contributed by atoms with Crippen LogP contribution in [0.25, 0.3) is 0 Å². The monoisotopic (exact) mass is 333 g/mol. The summed E-state index contributed by atoms with van der Waals surface area (Å²) < 4.78 is 31.2. The molecule has 1 unspecified atom stereocenters. The molecule has 126 valence electrons. The van der Waals surface area contributed by atoms with E-state index in [2.05, 4.69) is 0 Å². The molecule has 0 aromatic rings. The topological polar surface area (TPSA) is 101 Å². The first-order valence-corrected chi connectivity index (χ1v) is 9.14. The Kier molecular flexibility index (Phi) is 4.81. The normalized spacial score (nSPS) is 27.6. The number of sulfonamides is 1. The minimum Gasteiger partial charge on any atom is -0.481 e. The van der Waals surface area contributed by atoms with Gasteiger partial charge in [-0.25, -0.2) is 12.7 Å². The van der Waals surface area contributed by atoms with E-state index < -0.39 is 39.2 Å². The highest BCUT2D eigenvalue weighted by Crippen LogP contribution is 2.42. The zero-order chi connectivity index (χ0) is 16.5. The molecule has 2 rings (SSSR count). The Bertz CT molecular complexity index is 552. The number of aliphatic carboxylic acids is 1. The smallest absolute Gasteiger partial charge is 0.306 e. The lowest BCUT2D eigenvalue weighted by Crippen LogP contribution is -2.62. The third-order valence-corrected chi connectivity index (χ3v) is 6.73. The molecule has 1 atom stereocenters. The van der Waals surface area contributed by atoms with Crippen molar-refractivity contribution in [3.8, 4) is 0 Å². The van der Waals surface area contributed by atoms with Crippen molar-refractivity contribution in [2.24, 2.45) is 5.92 Å². The molecule has 2 fully saturated rings. The first-order valence-electron chi connectivity index (χ1n) is 7.63. The van der Waals surface area contributed by atoms with Crippen molar-refractivity contribution < 1.29 is 27.9 Å². The van der Waals surface area contributed by atoms with Gasteiger partial charge in [0.1, 0.15) is 0 Å². The summed E-state index contributed by atoms with van der Waals surface area (Å²) in [4.78, 5) is 24.1. The summed E-state index contributed by atoms with van der Waals surface area (Å²) in [5.41, 5.74) is -1.54. The first kappa shape index (κ1) is 17.2. The Balaban J connectivity index is 2.40. The number of carboxylic acid groups (broad SMARTS) is 1. The summed E-state index contributed by atoms with van der Waals surface area (Å²) in [5, 5.41) is 8.47. The minimum atomic E-state index is -3.77. The molecule has 2 aliphatic rings. The van der Waals surface area contributed by atoms with Gasteiger partial charge in [-0.2, -0.15) is 0 Å². The zero-order valence-corrected chi connectivity index (χ0v) is 13.8. The van der Waals surface area contributed by atoms with Crippen molar-refractivity contribution >= 4 is 21.9 Å². The number of morpholine rings is 1. The third-order valence-electron chi connectivity index (χ3n) is 4.57. The third kappa shape index (κ3) is 2.86. The van der Waals surface area contributed by atoms with Gasteiger partial charge < -0.3 is 9.84 Å². The predicted octanol–water partition coefficient (Wildman–Crippen LogP) is 0.987. The molecule has 22 heavy (non-hydrogen) atoms. The van der Waals surface area contributed by atoms with Crippen LogP contribution in [0, 0.1) is 5.92 Å². The summed E-state index contributed by atoms with van der Waals surface area (Å²) in [6.07, 6.45) is 2.70. The van der Waals surface area contributed by atoms with Crippen LogP contribution in [0.2, 0.25) is 0 Å². The number of carbonyl (C=O) groups excluding carboxylic acids is 1. The van der Waals surface area contributed by atoms with Gasteiger partial charge in [0.25, 0.3) is 5.91 Å².